The molecular weight excluding hydrogens is 282 g/mol. The first-order valence-electron chi connectivity index (χ1n) is 5.38. The predicted molar refractivity (Wildman–Crippen MR) is 71.3 cm³/mol. The molecule has 2 rings (SSSR count). The second-order valence-electron chi connectivity index (χ2n) is 4.44. The molecule has 0 radical (unpaired) electrons. The van der Waals surface area contributed by atoms with E-state index < -0.39 is 0 Å². The van der Waals surface area contributed by atoms with Gasteiger partial charge in [-0.15, -0.1) is 0 Å². The summed E-state index contributed by atoms with van der Waals surface area (Å²) in [5, 5.41) is 10.3. The van der Waals surface area contributed by atoms with E-state index >= 15 is 0 Å². The Kier molecular flexibility index (Phi) is 4.03. The molecule has 6 heteroatoms. The fraction of sp³-hybridized carbons (Fsp3) is 0.545. The van der Waals surface area contributed by atoms with Crippen LogP contribution in [0.1, 0.15) is 12.8 Å². The van der Waals surface area contributed by atoms with Crippen LogP contribution < -0.4 is 4.90 Å². The van der Waals surface area contributed by atoms with Gasteiger partial charge in [-0.1, -0.05) is 34.8 Å². The first kappa shape index (κ1) is 13.2. The Hall–Kier alpha value is -0.220. The lowest BCUT2D eigenvalue weighted by Crippen LogP contribution is -2.37. The Bertz CT molecular complexity index is 421. The Morgan fingerprint density at radius 1 is 1.35 bits per heavy atom. The fourth-order valence-corrected chi connectivity index (χ4v) is 2.66. The zero-order valence-electron chi connectivity index (χ0n) is 9.33. The number of nitrogens with zero attached hydrogens (tertiary/aromatic N) is 2. The number of pyridine rings is 1. The van der Waals surface area contributed by atoms with Gasteiger partial charge in [0, 0.05) is 13.6 Å². The maximum absolute atomic E-state index is 9.24. The highest BCUT2D eigenvalue weighted by atomic mass is 35.5. The average Bonchev–Trinajstić information content (AvgIpc) is 2.21. The molecule has 1 N–H and O–H groups in total. The average molecular weight is 296 g/mol. The van der Waals surface area contributed by atoms with Crippen LogP contribution in [0.5, 0.6) is 0 Å². The van der Waals surface area contributed by atoms with Gasteiger partial charge in [0.05, 0.1) is 16.1 Å². The van der Waals surface area contributed by atoms with E-state index in [0.29, 0.717) is 21.8 Å². The highest BCUT2D eigenvalue weighted by Gasteiger charge is 2.28. The van der Waals surface area contributed by atoms with Crippen molar-refractivity contribution in [2.24, 2.45) is 5.92 Å². The lowest BCUT2D eigenvalue weighted by molar-refractivity contribution is 0.0464. The lowest BCUT2D eigenvalue weighted by Gasteiger charge is -2.35. The Labute approximate surface area is 115 Å². The summed E-state index contributed by atoms with van der Waals surface area (Å²) < 4.78 is 0. The van der Waals surface area contributed by atoms with Crippen molar-refractivity contribution in [2.45, 2.75) is 18.9 Å². The number of aliphatic hydroxyl groups is 1. The topological polar surface area (TPSA) is 36.4 Å². The van der Waals surface area contributed by atoms with E-state index in [1.54, 1.807) is 6.07 Å². The van der Waals surface area contributed by atoms with E-state index in [9.17, 15) is 5.11 Å². The maximum atomic E-state index is 9.24. The molecule has 3 nitrogen and oxygen atoms in total. The minimum atomic E-state index is -0.148. The van der Waals surface area contributed by atoms with Gasteiger partial charge in [0.25, 0.3) is 0 Å². The van der Waals surface area contributed by atoms with Crippen molar-refractivity contribution in [3.63, 3.8) is 0 Å². The lowest BCUT2D eigenvalue weighted by atomic mass is 9.82. The van der Waals surface area contributed by atoms with Crippen molar-refractivity contribution in [2.75, 3.05) is 18.5 Å². The molecule has 1 aromatic heterocycles. The van der Waals surface area contributed by atoms with E-state index in [1.807, 2.05) is 11.9 Å². The molecule has 0 atom stereocenters. The summed E-state index contributed by atoms with van der Waals surface area (Å²) in [6.45, 7) is 0.807. The van der Waals surface area contributed by atoms with Crippen LogP contribution in [0, 0.1) is 5.92 Å². The summed E-state index contributed by atoms with van der Waals surface area (Å²) in [7, 11) is 1.91. The molecule has 1 heterocycles. The van der Waals surface area contributed by atoms with Gasteiger partial charge in [0.15, 0.2) is 0 Å². The molecule has 1 fully saturated rings. The Morgan fingerprint density at radius 2 is 2.00 bits per heavy atom. The largest absolute Gasteiger partial charge is 0.393 e. The van der Waals surface area contributed by atoms with Crippen molar-refractivity contribution in [3.8, 4) is 0 Å². The fourth-order valence-electron chi connectivity index (χ4n) is 2.03. The van der Waals surface area contributed by atoms with E-state index in [2.05, 4.69) is 4.98 Å². The summed E-state index contributed by atoms with van der Waals surface area (Å²) in [6, 6.07) is 1.60. The molecular formula is C11H13Cl3N2O. The zero-order chi connectivity index (χ0) is 12.6. The number of rotatable bonds is 3. The number of hydrogen-bond acceptors (Lipinski definition) is 3. The minimum absolute atomic E-state index is 0.148. The molecule has 1 saturated carbocycles. The summed E-state index contributed by atoms with van der Waals surface area (Å²) in [5.74, 6) is 1.12. The van der Waals surface area contributed by atoms with Gasteiger partial charge in [0.2, 0.25) is 0 Å². The number of anilines is 1. The van der Waals surface area contributed by atoms with Gasteiger partial charge < -0.3 is 10.0 Å². The first-order valence-corrected chi connectivity index (χ1v) is 6.51. The van der Waals surface area contributed by atoms with Crippen LogP contribution in [-0.4, -0.2) is 29.8 Å². The summed E-state index contributed by atoms with van der Waals surface area (Å²) in [5.41, 5.74) is 0. The Morgan fingerprint density at radius 3 is 2.59 bits per heavy atom. The van der Waals surface area contributed by atoms with Gasteiger partial charge in [-0.2, -0.15) is 0 Å². The monoisotopic (exact) mass is 294 g/mol. The molecule has 0 aliphatic heterocycles. The first-order chi connectivity index (χ1) is 7.97. The highest BCUT2D eigenvalue weighted by molar-refractivity contribution is 6.42. The normalized spacial score (nSPS) is 23.4. The summed E-state index contributed by atoms with van der Waals surface area (Å²) in [4.78, 5) is 6.11. The quantitative estimate of drug-likeness (QED) is 0.870. The smallest absolute Gasteiger partial charge is 0.150 e. The van der Waals surface area contributed by atoms with Crippen LogP contribution in [0.25, 0.3) is 0 Å². The van der Waals surface area contributed by atoms with E-state index in [1.165, 1.54) is 0 Å². The van der Waals surface area contributed by atoms with Gasteiger partial charge >= 0.3 is 0 Å². The van der Waals surface area contributed by atoms with Gasteiger partial charge in [0.1, 0.15) is 11.0 Å². The minimum Gasteiger partial charge on any atom is -0.393 e. The van der Waals surface area contributed by atoms with E-state index in [4.69, 9.17) is 34.8 Å². The van der Waals surface area contributed by atoms with Crippen molar-refractivity contribution in [1.82, 2.24) is 4.98 Å². The molecule has 1 aromatic rings. The number of hydrogen-bond donors (Lipinski definition) is 1. The molecule has 0 spiro atoms. The van der Waals surface area contributed by atoms with Crippen LogP contribution in [0.3, 0.4) is 0 Å². The van der Waals surface area contributed by atoms with Crippen LogP contribution in [0.15, 0.2) is 6.07 Å². The molecule has 0 amide bonds. The number of halogens is 3. The molecule has 1 aliphatic carbocycles. The molecule has 0 saturated heterocycles. The zero-order valence-corrected chi connectivity index (χ0v) is 11.6. The third kappa shape index (κ3) is 2.97. The molecule has 94 valence electrons. The van der Waals surface area contributed by atoms with E-state index in [-0.39, 0.29) is 11.3 Å². The number of aromatic nitrogens is 1. The van der Waals surface area contributed by atoms with Crippen molar-refractivity contribution in [3.05, 3.63) is 21.3 Å². The van der Waals surface area contributed by atoms with Crippen molar-refractivity contribution in [1.29, 1.82) is 0 Å². The van der Waals surface area contributed by atoms with Crippen LogP contribution >= 0.6 is 34.8 Å². The standard InChI is InChI=1S/C11H13Cl3N2O/c1-16(5-6-2-7(17)3-6)11-9(13)4-8(12)10(14)15-11/h4,6-7,17H,2-3,5H2,1H3. The van der Waals surface area contributed by atoms with Gasteiger partial charge in [-0.25, -0.2) is 4.98 Å². The van der Waals surface area contributed by atoms with Crippen molar-refractivity contribution >= 4 is 40.6 Å². The van der Waals surface area contributed by atoms with E-state index in [0.717, 1.165) is 19.4 Å². The summed E-state index contributed by atoms with van der Waals surface area (Å²) in [6.07, 6.45) is 1.53. The van der Waals surface area contributed by atoms with Gasteiger partial charge in [-0.05, 0) is 24.8 Å². The number of aliphatic hydroxyl groups excluding tert-OH is 1. The molecule has 0 bridgehead atoms. The van der Waals surface area contributed by atoms with Crippen LogP contribution in [0.2, 0.25) is 15.2 Å². The molecule has 0 unspecified atom stereocenters. The third-order valence-corrected chi connectivity index (χ3v) is 3.92. The highest BCUT2D eigenvalue weighted by Crippen LogP contribution is 2.33. The maximum Gasteiger partial charge on any atom is 0.150 e. The van der Waals surface area contributed by atoms with Crippen LogP contribution in [-0.2, 0) is 0 Å². The predicted octanol–water partition coefficient (Wildman–Crippen LogP) is 3.25. The third-order valence-electron chi connectivity index (χ3n) is 2.97. The van der Waals surface area contributed by atoms with Crippen molar-refractivity contribution < 1.29 is 5.11 Å². The molecule has 17 heavy (non-hydrogen) atoms. The second-order valence-corrected chi connectivity index (χ2v) is 5.61. The second kappa shape index (κ2) is 5.19. The summed E-state index contributed by atoms with van der Waals surface area (Å²) >= 11 is 17.8. The SMILES string of the molecule is CN(CC1CC(O)C1)c1nc(Cl)c(Cl)cc1Cl. The van der Waals surface area contributed by atoms with Gasteiger partial charge in [-0.3, -0.25) is 0 Å². The Balaban J connectivity index is 2.08. The molecule has 0 aromatic carbocycles. The molecule has 1 aliphatic rings. The van der Waals surface area contributed by atoms with Crippen LogP contribution in [0.4, 0.5) is 5.82 Å².